The van der Waals surface area contributed by atoms with Gasteiger partial charge in [-0.1, -0.05) is 0 Å². The molecular weight excluding hydrogens is 334 g/mol. The molecule has 5 nitrogen and oxygen atoms in total. The zero-order chi connectivity index (χ0) is 17.6. The summed E-state index contributed by atoms with van der Waals surface area (Å²) in [6.07, 6.45) is 4.20. The first-order valence-corrected chi connectivity index (χ1v) is 9.56. The summed E-state index contributed by atoms with van der Waals surface area (Å²) in [6, 6.07) is 8.15. The monoisotopic (exact) mass is 359 g/mol. The molecule has 0 atom stereocenters. The third-order valence-corrected chi connectivity index (χ3v) is 5.53. The zero-order valence-electron chi connectivity index (χ0n) is 14.9. The van der Waals surface area contributed by atoms with Crippen LogP contribution in [0.1, 0.15) is 34.8 Å². The summed E-state index contributed by atoms with van der Waals surface area (Å²) in [5.74, 6) is -0.0126. The Morgan fingerprint density at radius 1 is 1.24 bits per heavy atom. The van der Waals surface area contributed by atoms with E-state index in [-0.39, 0.29) is 5.91 Å². The van der Waals surface area contributed by atoms with Gasteiger partial charge in [0.15, 0.2) is 0 Å². The number of aryl methyl sites for hydroxylation is 1. The molecule has 1 aliphatic heterocycles. The van der Waals surface area contributed by atoms with Crippen LogP contribution in [-0.4, -0.2) is 31.1 Å². The van der Waals surface area contributed by atoms with Crippen LogP contribution in [0.15, 0.2) is 24.3 Å². The lowest BCUT2D eigenvalue weighted by molar-refractivity contribution is -0.115. The highest BCUT2D eigenvalue weighted by Crippen LogP contribution is 2.23. The smallest absolute Gasteiger partial charge is 0.229 e. The van der Waals surface area contributed by atoms with Gasteiger partial charge in [-0.15, -0.1) is 11.3 Å². The average molecular weight is 359 g/mol. The van der Waals surface area contributed by atoms with E-state index in [1.165, 1.54) is 24.9 Å². The maximum Gasteiger partial charge on any atom is 0.229 e. The Kier molecular flexibility index (Phi) is 6.04. The molecule has 134 valence electrons. The second-order valence-corrected chi connectivity index (χ2v) is 7.54. The minimum atomic E-state index is -0.0126. The summed E-state index contributed by atoms with van der Waals surface area (Å²) in [5.41, 5.74) is 2.98. The average Bonchev–Trinajstić information content (AvgIpc) is 2.96. The first kappa shape index (κ1) is 17.9. The van der Waals surface area contributed by atoms with E-state index in [4.69, 9.17) is 4.74 Å². The quantitative estimate of drug-likeness (QED) is 0.853. The number of aromatic nitrogens is 1. The van der Waals surface area contributed by atoms with Crippen LogP contribution in [-0.2, 0) is 22.6 Å². The Morgan fingerprint density at radius 3 is 2.64 bits per heavy atom. The van der Waals surface area contributed by atoms with E-state index in [1.54, 1.807) is 18.4 Å². The molecule has 0 aliphatic carbocycles. The molecule has 25 heavy (non-hydrogen) atoms. The highest BCUT2D eigenvalue weighted by molar-refractivity contribution is 7.11. The molecule has 1 fully saturated rings. The van der Waals surface area contributed by atoms with Crippen molar-refractivity contribution >= 4 is 28.6 Å². The van der Waals surface area contributed by atoms with Gasteiger partial charge in [-0.05, 0) is 50.5 Å². The van der Waals surface area contributed by atoms with Crippen molar-refractivity contribution in [2.45, 2.75) is 39.2 Å². The van der Waals surface area contributed by atoms with Crippen LogP contribution < -0.4 is 10.2 Å². The van der Waals surface area contributed by atoms with Gasteiger partial charge in [-0.3, -0.25) is 4.79 Å². The van der Waals surface area contributed by atoms with E-state index in [0.29, 0.717) is 13.0 Å². The van der Waals surface area contributed by atoms with Gasteiger partial charge in [0.05, 0.1) is 18.7 Å². The number of piperidine rings is 1. The van der Waals surface area contributed by atoms with E-state index < -0.39 is 0 Å². The highest BCUT2D eigenvalue weighted by atomic mass is 32.1. The van der Waals surface area contributed by atoms with Crippen LogP contribution in [0.3, 0.4) is 0 Å². The summed E-state index contributed by atoms with van der Waals surface area (Å²) in [7, 11) is 1.65. The maximum atomic E-state index is 12.3. The third kappa shape index (κ3) is 4.80. The summed E-state index contributed by atoms with van der Waals surface area (Å²) in [4.78, 5) is 20.2. The fourth-order valence-corrected chi connectivity index (χ4v) is 4.14. The SMILES string of the molecule is COCc1nc(C)c(CC(=O)Nc2ccc(N3CCCCC3)cc2)s1. The summed E-state index contributed by atoms with van der Waals surface area (Å²) >= 11 is 1.54. The van der Waals surface area contributed by atoms with Gasteiger partial charge in [0.2, 0.25) is 5.91 Å². The molecule has 0 bridgehead atoms. The molecule has 1 amide bonds. The predicted octanol–water partition coefficient (Wildman–Crippen LogP) is 3.77. The molecule has 2 aromatic rings. The first-order chi connectivity index (χ1) is 12.2. The van der Waals surface area contributed by atoms with Crippen LogP contribution in [0, 0.1) is 6.92 Å². The van der Waals surface area contributed by atoms with Crippen molar-refractivity contribution < 1.29 is 9.53 Å². The van der Waals surface area contributed by atoms with Gasteiger partial charge in [-0.25, -0.2) is 4.98 Å². The van der Waals surface area contributed by atoms with Crippen molar-refractivity contribution in [3.63, 3.8) is 0 Å². The van der Waals surface area contributed by atoms with Crippen LogP contribution in [0.4, 0.5) is 11.4 Å². The number of anilines is 2. The summed E-state index contributed by atoms with van der Waals surface area (Å²) in [6.45, 7) is 4.68. The number of carbonyl (C=O) groups is 1. The Bertz CT molecular complexity index is 706. The molecule has 0 radical (unpaired) electrons. The fourth-order valence-electron chi connectivity index (χ4n) is 3.10. The van der Waals surface area contributed by atoms with Crippen LogP contribution in [0.2, 0.25) is 0 Å². The largest absolute Gasteiger partial charge is 0.378 e. The van der Waals surface area contributed by atoms with Crippen LogP contribution in [0.25, 0.3) is 0 Å². The van der Waals surface area contributed by atoms with E-state index in [9.17, 15) is 4.79 Å². The number of hydrogen-bond acceptors (Lipinski definition) is 5. The number of ether oxygens (including phenoxy) is 1. The number of benzene rings is 1. The zero-order valence-corrected chi connectivity index (χ0v) is 15.7. The van der Waals surface area contributed by atoms with Crippen molar-refractivity contribution in [1.82, 2.24) is 4.98 Å². The normalized spacial score (nSPS) is 14.6. The number of thiazole rings is 1. The lowest BCUT2D eigenvalue weighted by atomic mass is 10.1. The minimum absolute atomic E-state index is 0.0126. The molecule has 1 N–H and O–H groups in total. The molecule has 1 aromatic carbocycles. The molecule has 3 rings (SSSR count). The van der Waals surface area contributed by atoms with Crippen LogP contribution >= 0.6 is 11.3 Å². The van der Waals surface area contributed by atoms with Gasteiger partial charge in [0, 0.05) is 36.5 Å². The molecule has 1 saturated heterocycles. The summed E-state index contributed by atoms with van der Waals surface area (Å²) in [5, 5.41) is 3.89. The molecule has 0 saturated carbocycles. The van der Waals surface area contributed by atoms with Gasteiger partial charge in [-0.2, -0.15) is 0 Å². The van der Waals surface area contributed by atoms with E-state index >= 15 is 0 Å². The number of methoxy groups -OCH3 is 1. The van der Waals surface area contributed by atoms with E-state index in [0.717, 1.165) is 34.4 Å². The number of rotatable bonds is 6. The van der Waals surface area contributed by atoms with Crippen molar-refractivity contribution in [3.05, 3.63) is 39.8 Å². The lowest BCUT2D eigenvalue weighted by Gasteiger charge is -2.28. The van der Waals surface area contributed by atoms with Crippen LogP contribution in [0.5, 0.6) is 0 Å². The molecule has 2 heterocycles. The Hall–Kier alpha value is -1.92. The number of nitrogens with one attached hydrogen (secondary N) is 1. The van der Waals surface area contributed by atoms with Crippen molar-refractivity contribution in [2.24, 2.45) is 0 Å². The molecule has 0 unspecified atom stereocenters. The number of carbonyl (C=O) groups excluding carboxylic acids is 1. The Labute approximate surface area is 153 Å². The molecule has 1 aliphatic rings. The fraction of sp³-hybridized carbons (Fsp3) is 0.474. The van der Waals surface area contributed by atoms with Crippen molar-refractivity contribution in [1.29, 1.82) is 0 Å². The van der Waals surface area contributed by atoms with Gasteiger partial charge < -0.3 is 15.0 Å². The minimum Gasteiger partial charge on any atom is -0.378 e. The van der Waals surface area contributed by atoms with E-state index in [2.05, 4.69) is 27.3 Å². The first-order valence-electron chi connectivity index (χ1n) is 8.74. The second-order valence-electron chi connectivity index (χ2n) is 6.37. The standard InChI is InChI=1S/C19H25N3O2S/c1-14-17(25-19(20-14)13-24-2)12-18(23)21-15-6-8-16(9-7-15)22-10-4-3-5-11-22/h6-9H,3-5,10-13H2,1-2H3,(H,21,23). The Balaban J connectivity index is 1.57. The molecule has 1 aromatic heterocycles. The molecular formula is C19H25N3O2S. The van der Waals surface area contributed by atoms with Gasteiger partial charge in [0.25, 0.3) is 0 Å². The van der Waals surface area contributed by atoms with Gasteiger partial charge in [0.1, 0.15) is 5.01 Å². The third-order valence-electron chi connectivity index (χ3n) is 4.40. The van der Waals surface area contributed by atoms with E-state index in [1.807, 2.05) is 19.1 Å². The second kappa shape index (κ2) is 8.45. The molecule has 0 spiro atoms. The van der Waals surface area contributed by atoms with Gasteiger partial charge >= 0.3 is 0 Å². The van der Waals surface area contributed by atoms with Crippen molar-refractivity contribution in [3.8, 4) is 0 Å². The predicted molar refractivity (Wildman–Crippen MR) is 102 cm³/mol. The molecule has 6 heteroatoms. The lowest BCUT2D eigenvalue weighted by Crippen LogP contribution is -2.29. The topological polar surface area (TPSA) is 54.5 Å². The number of hydrogen-bond donors (Lipinski definition) is 1. The Morgan fingerprint density at radius 2 is 1.96 bits per heavy atom. The summed E-state index contributed by atoms with van der Waals surface area (Å²) < 4.78 is 5.10. The number of nitrogens with zero attached hydrogens (tertiary/aromatic N) is 2. The van der Waals surface area contributed by atoms with Crippen molar-refractivity contribution in [2.75, 3.05) is 30.4 Å². The number of amides is 1. The highest BCUT2D eigenvalue weighted by Gasteiger charge is 2.13. The maximum absolute atomic E-state index is 12.3.